The number of morpholine rings is 1. The zero-order valence-corrected chi connectivity index (χ0v) is 19.5. The number of sulfonamides is 1. The molecule has 0 saturated carbocycles. The largest absolute Gasteiger partial charge is 0.379 e. The summed E-state index contributed by atoms with van der Waals surface area (Å²) in [7, 11) is -3.93. The second-order valence-electron chi connectivity index (χ2n) is 6.78. The lowest BCUT2D eigenvalue weighted by Crippen LogP contribution is -2.40. The van der Waals surface area contributed by atoms with Gasteiger partial charge in [0.05, 0.1) is 34.5 Å². The van der Waals surface area contributed by atoms with E-state index in [1.54, 1.807) is 17.5 Å². The molecule has 1 aromatic heterocycles. The summed E-state index contributed by atoms with van der Waals surface area (Å²) >= 11 is 13.5. The van der Waals surface area contributed by atoms with Crippen LogP contribution in [0.15, 0.2) is 46.7 Å². The summed E-state index contributed by atoms with van der Waals surface area (Å²) in [4.78, 5) is 17.0. The van der Waals surface area contributed by atoms with E-state index < -0.39 is 15.9 Å². The molecule has 2 aromatic carbocycles. The van der Waals surface area contributed by atoms with Crippen molar-refractivity contribution in [3.63, 3.8) is 0 Å². The first kappa shape index (κ1) is 23.1. The summed E-state index contributed by atoms with van der Waals surface area (Å²) in [6.07, 6.45) is 0. The number of benzene rings is 2. The molecule has 168 valence electrons. The Kier molecular flexibility index (Phi) is 6.80. The van der Waals surface area contributed by atoms with Gasteiger partial charge in [-0.2, -0.15) is 4.31 Å². The van der Waals surface area contributed by atoms with Crippen molar-refractivity contribution in [1.29, 1.82) is 0 Å². The molecule has 7 nitrogen and oxygen atoms in total. The van der Waals surface area contributed by atoms with E-state index in [9.17, 15) is 17.6 Å². The highest BCUT2D eigenvalue weighted by atomic mass is 35.5. The van der Waals surface area contributed by atoms with Crippen molar-refractivity contribution in [3.05, 3.63) is 63.2 Å². The number of nitrogens with zero attached hydrogens (tertiary/aromatic N) is 2. The average molecular weight is 516 g/mol. The predicted octanol–water partition coefficient (Wildman–Crippen LogP) is 4.53. The molecule has 1 fully saturated rings. The monoisotopic (exact) mass is 515 g/mol. The van der Waals surface area contributed by atoms with E-state index >= 15 is 0 Å². The highest BCUT2D eigenvalue weighted by molar-refractivity contribution is 7.89. The summed E-state index contributed by atoms with van der Waals surface area (Å²) in [6, 6.07) is 8.19. The van der Waals surface area contributed by atoms with Crippen molar-refractivity contribution in [2.75, 3.05) is 31.6 Å². The number of nitrogens with one attached hydrogen (secondary N) is 1. The molecule has 0 bridgehead atoms. The first-order valence-electron chi connectivity index (χ1n) is 9.35. The SMILES string of the molecule is O=C(Nc1nc(-c2ccc(F)cc2)cs1)c1cc(S(=O)(=O)N2CCOCC2)c(Cl)cc1Cl. The van der Waals surface area contributed by atoms with Crippen LogP contribution in [0.2, 0.25) is 10.0 Å². The van der Waals surface area contributed by atoms with Gasteiger partial charge in [0, 0.05) is 24.0 Å². The van der Waals surface area contributed by atoms with Crippen LogP contribution >= 0.6 is 34.5 Å². The summed E-state index contributed by atoms with van der Waals surface area (Å²) in [5.74, 6) is -0.997. The molecular weight excluding hydrogens is 500 g/mol. The van der Waals surface area contributed by atoms with Crippen LogP contribution in [-0.4, -0.2) is 49.9 Å². The van der Waals surface area contributed by atoms with Gasteiger partial charge >= 0.3 is 0 Å². The number of hydrogen-bond donors (Lipinski definition) is 1. The van der Waals surface area contributed by atoms with Crippen molar-refractivity contribution in [3.8, 4) is 11.3 Å². The third kappa shape index (κ3) is 4.80. The topological polar surface area (TPSA) is 88.6 Å². The number of ether oxygens (including phenoxy) is 1. The Morgan fingerprint density at radius 2 is 1.81 bits per heavy atom. The number of halogens is 3. The number of hydrogen-bond acceptors (Lipinski definition) is 6. The maximum Gasteiger partial charge on any atom is 0.259 e. The molecule has 1 aliphatic heterocycles. The third-order valence-corrected chi connectivity index (χ3v) is 8.15. The van der Waals surface area contributed by atoms with Crippen LogP contribution in [0.3, 0.4) is 0 Å². The van der Waals surface area contributed by atoms with E-state index in [4.69, 9.17) is 27.9 Å². The number of thiazole rings is 1. The van der Waals surface area contributed by atoms with Crippen molar-refractivity contribution in [2.24, 2.45) is 0 Å². The molecule has 32 heavy (non-hydrogen) atoms. The summed E-state index contributed by atoms with van der Waals surface area (Å²) in [5.41, 5.74) is 1.19. The zero-order chi connectivity index (χ0) is 22.9. The van der Waals surface area contributed by atoms with Crippen molar-refractivity contribution in [1.82, 2.24) is 9.29 Å². The van der Waals surface area contributed by atoms with Crippen LogP contribution in [-0.2, 0) is 14.8 Å². The van der Waals surface area contributed by atoms with E-state index in [1.165, 1.54) is 39.9 Å². The molecule has 0 radical (unpaired) electrons. The molecule has 12 heteroatoms. The predicted molar refractivity (Wildman–Crippen MR) is 122 cm³/mol. The molecule has 1 aliphatic rings. The van der Waals surface area contributed by atoms with E-state index in [0.717, 1.165) is 0 Å². The molecule has 1 amide bonds. The standard InChI is InChI=1S/C20H16Cl2FN3O4S2/c21-15-10-16(22)18(32(28,29)26-5-7-30-8-6-26)9-14(15)19(27)25-20-24-17(11-31-20)12-1-3-13(23)4-2-12/h1-4,9-11H,5-8H2,(H,24,25,27). The second-order valence-corrected chi connectivity index (χ2v) is 10.4. The van der Waals surface area contributed by atoms with Crippen LogP contribution in [0.4, 0.5) is 9.52 Å². The Labute approximate surface area is 197 Å². The number of carbonyl (C=O) groups excluding carboxylic acids is 1. The Hall–Kier alpha value is -2.08. The van der Waals surface area contributed by atoms with Gasteiger partial charge in [0.1, 0.15) is 10.7 Å². The smallest absolute Gasteiger partial charge is 0.259 e. The maximum atomic E-state index is 13.1. The minimum atomic E-state index is -3.93. The van der Waals surface area contributed by atoms with E-state index in [2.05, 4.69) is 10.3 Å². The fourth-order valence-corrected chi connectivity index (χ4v) is 6.03. The van der Waals surface area contributed by atoms with E-state index in [-0.39, 0.29) is 57.8 Å². The number of anilines is 1. The molecule has 0 aliphatic carbocycles. The Bertz CT molecular complexity index is 1260. The first-order valence-corrected chi connectivity index (χ1v) is 12.4. The summed E-state index contributed by atoms with van der Waals surface area (Å²) < 4.78 is 45.6. The summed E-state index contributed by atoms with van der Waals surface area (Å²) in [6.45, 7) is 0.929. The second kappa shape index (κ2) is 9.42. The number of aromatic nitrogens is 1. The minimum Gasteiger partial charge on any atom is -0.379 e. The fraction of sp³-hybridized carbons (Fsp3) is 0.200. The molecule has 2 heterocycles. The Morgan fingerprint density at radius 3 is 2.50 bits per heavy atom. The van der Waals surface area contributed by atoms with E-state index in [0.29, 0.717) is 11.3 Å². The maximum absolute atomic E-state index is 13.1. The zero-order valence-electron chi connectivity index (χ0n) is 16.3. The third-order valence-electron chi connectivity index (χ3n) is 4.72. The normalized spacial score (nSPS) is 15.0. The van der Waals surface area contributed by atoms with Gasteiger partial charge in [-0.3, -0.25) is 10.1 Å². The van der Waals surface area contributed by atoms with Crippen LogP contribution in [0.5, 0.6) is 0 Å². The molecular formula is C20H16Cl2FN3O4S2. The average Bonchev–Trinajstić information content (AvgIpc) is 3.23. The lowest BCUT2D eigenvalue weighted by Gasteiger charge is -2.26. The minimum absolute atomic E-state index is 0.00346. The molecule has 0 atom stereocenters. The fourth-order valence-electron chi connectivity index (χ4n) is 3.08. The van der Waals surface area contributed by atoms with E-state index in [1.807, 2.05) is 0 Å². The highest BCUT2D eigenvalue weighted by Crippen LogP contribution is 2.32. The van der Waals surface area contributed by atoms with Gasteiger partial charge in [-0.15, -0.1) is 11.3 Å². The van der Waals surface area contributed by atoms with Gasteiger partial charge in [-0.25, -0.2) is 17.8 Å². The van der Waals surface area contributed by atoms with Gasteiger partial charge in [0.25, 0.3) is 5.91 Å². The highest BCUT2D eigenvalue weighted by Gasteiger charge is 2.30. The van der Waals surface area contributed by atoms with Gasteiger partial charge < -0.3 is 4.74 Å². The molecule has 1 saturated heterocycles. The lowest BCUT2D eigenvalue weighted by atomic mass is 10.2. The van der Waals surface area contributed by atoms with Crippen LogP contribution in [0, 0.1) is 5.82 Å². The quantitative estimate of drug-likeness (QED) is 0.539. The first-order chi connectivity index (χ1) is 15.3. The molecule has 3 aromatic rings. The van der Waals surface area contributed by atoms with Gasteiger partial charge in [-0.1, -0.05) is 23.2 Å². The van der Waals surface area contributed by atoms with Gasteiger partial charge in [0.15, 0.2) is 5.13 Å². The Balaban J connectivity index is 1.59. The number of carbonyl (C=O) groups is 1. The van der Waals surface area contributed by atoms with Crippen LogP contribution < -0.4 is 5.32 Å². The molecule has 0 spiro atoms. The summed E-state index contributed by atoms with van der Waals surface area (Å²) in [5, 5.41) is 4.53. The molecule has 1 N–H and O–H groups in total. The molecule has 4 rings (SSSR count). The van der Waals surface area contributed by atoms with Crippen LogP contribution in [0.25, 0.3) is 11.3 Å². The molecule has 0 unspecified atom stereocenters. The lowest BCUT2D eigenvalue weighted by molar-refractivity contribution is 0.0730. The number of amides is 1. The van der Waals surface area contributed by atoms with Crippen molar-refractivity contribution >= 4 is 55.6 Å². The van der Waals surface area contributed by atoms with Crippen molar-refractivity contribution in [2.45, 2.75) is 4.90 Å². The van der Waals surface area contributed by atoms with Gasteiger partial charge in [0.2, 0.25) is 10.0 Å². The van der Waals surface area contributed by atoms with Crippen LogP contribution in [0.1, 0.15) is 10.4 Å². The van der Waals surface area contributed by atoms with Crippen molar-refractivity contribution < 1.29 is 22.3 Å². The number of rotatable bonds is 5. The van der Waals surface area contributed by atoms with Gasteiger partial charge in [-0.05, 0) is 36.4 Å². The Morgan fingerprint density at radius 1 is 1.12 bits per heavy atom.